The minimum Gasteiger partial charge on any atom is -0.311 e. The van der Waals surface area contributed by atoms with Gasteiger partial charge in [0.15, 0.2) is 11.0 Å². The number of benzene rings is 2. The molecule has 1 heterocycles. The maximum atomic E-state index is 13.1. The van der Waals surface area contributed by atoms with Gasteiger partial charge >= 0.3 is 0 Å². The van der Waals surface area contributed by atoms with Gasteiger partial charge in [0.05, 0.1) is 18.2 Å². The fourth-order valence-corrected chi connectivity index (χ4v) is 4.47. The Kier molecular flexibility index (Phi) is 7.60. The molecule has 0 fully saturated rings. The van der Waals surface area contributed by atoms with Crippen LogP contribution in [0.1, 0.15) is 43.9 Å². The highest BCUT2D eigenvalue weighted by molar-refractivity contribution is 7.99. The van der Waals surface area contributed by atoms with E-state index >= 15 is 0 Å². The van der Waals surface area contributed by atoms with E-state index in [2.05, 4.69) is 67.4 Å². The van der Waals surface area contributed by atoms with E-state index < -0.39 is 0 Å². The number of amides is 1. The van der Waals surface area contributed by atoms with E-state index in [4.69, 9.17) is 5.26 Å². The van der Waals surface area contributed by atoms with Crippen LogP contribution in [0.3, 0.4) is 0 Å². The summed E-state index contributed by atoms with van der Waals surface area (Å²) in [6, 6.07) is 16.5. The van der Waals surface area contributed by atoms with Crippen molar-refractivity contribution in [3.63, 3.8) is 0 Å². The number of hydrogen-bond donors (Lipinski definition) is 0. The van der Waals surface area contributed by atoms with Crippen LogP contribution in [0.4, 0.5) is 5.69 Å². The van der Waals surface area contributed by atoms with Crippen LogP contribution < -0.4 is 4.90 Å². The average molecular weight is 462 g/mol. The number of aryl methyl sites for hydroxylation is 2. The zero-order valence-corrected chi connectivity index (χ0v) is 21.0. The Balaban J connectivity index is 1.75. The maximum Gasteiger partial charge on any atom is 0.237 e. The molecule has 0 aliphatic heterocycles. The van der Waals surface area contributed by atoms with Crippen molar-refractivity contribution in [2.45, 2.75) is 51.6 Å². The summed E-state index contributed by atoms with van der Waals surface area (Å²) in [5.74, 6) is 0.924. The van der Waals surface area contributed by atoms with Crippen LogP contribution in [0.15, 0.2) is 47.6 Å². The molecule has 2 aromatic carbocycles. The summed E-state index contributed by atoms with van der Waals surface area (Å²) in [6.45, 7) is 10.9. The highest BCUT2D eigenvalue weighted by Gasteiger charge is 2.19. The first-order valence-corrected chi connectivity index (χ1v) is 12.0. The van der Waals surface area contributed by atoms with Crippen LogP contribution in [0.25, 0.3) is 11.4 Å². The van der Waals surface area contributed by atoms with Crippen molar-refractivity contribution in [2.75, 3.05) is 17.2 Å². The molecule has 1 amide bonds. The van der Waals surface area contributed by atoms with Gasteiger partial charge in [0.2, 0.25) is 5.91 Å². The van der Waals surface area contributed by atoms with Gasteiger partial charge in [0.1, 0.15) is 0 Å². The van der Waals surface area contributed by atoms with Crippen molar-refractivity contribution >= 4 is 23.4 Å². The molecule has 0 N–H and O–H groups in total. The summed E-state index contributed by atoms with van der Waals surface area (Å²) in [7, 11) is 1.91. The Bertz CT molecular complexity index is 1150. The molecule has 6 nitrogen and oxygen atoms in total. The Labute approximate surface area is 200 Å². The van der Waals surface area contributed by atoms with Gasteiger partial charge in [0, 0.05) is 24.8 Å². The first-order valence-electron chi connectivity index (χ1n) is 11.0. The van der Waals surface area contributed by atoms with E-state index in [9.17, 15) is 4.79 Å². The summed E-state index contributed by atoms with van der Waals surface area (Å²) < 4.78 is 1.92. The molecule has 7 heteroatoms. The van der Waals surface area contributed by atoms with Crippen LogP contribution in [0, 0.1) is 25.2 Å². The van der Waals surface area contributed by atoms with Gasteiger partial charge < -0.3 is 9.47 Å². The number of carbonyl (C=O) groups is 1. The summed E-state index contributed by atoms with van der Waals surface area (Å²) in [5, 5.41) is 18.4. The number of nitriles is 1. The van der Waals surface area contributed by atoms with Gasteiger partial charge in [-0.3, -0.25) is 4.79 Å². The zero-order chi connectivity index (χ0) is 24.2. The third-order valence-corrected chi connectivity index (χ3v) is 6.44. The lowest BCUT2D eigenvalue weighted by molar-refractivity contribution is -0.116. The Hall–Kier alpha value is -3.11. The van der Waals surface area contributed by atoms with E-state index in [0.717, 1.165) is 28.2 Å². The van der Waals surface area contributed by atoms with Crippen molar-refractivity contribution in [1.82, 2.24) is 14.8 Å². The van der Waals surface area contributed by atoms with Crippen LogP contribution in [0.2, 0.25) is 0 Å². The number of anilines is 1. The topological polar surface area (TPSA) is 74.8 Å². The molecule has 172 valence electrons. The van der Waals surface area contributed by atoms with Gasteiger partial charge in [-0.15, -0.1) is 10.2 Å². The highest BCUT2D eigenvalue weighted by Crippen LogP contribution is 2.27. The van der Waals surface area contributed by atoms with Crippen molar-refractivity contribution in [2.24, 2.45) is 7.05 Å². The van der Waals surface area contributed by atoms with Crippen molar-refractivity contribution < 1.29 is 4.79 Å². The van der Waals surface area contributed by atoms with Gasteiger partial charge in [-0.1, -0.05) is 62.9 Å². The van der Waals surface area contributed by atoms with Crippen LogP contribution in [-0.2, 0) is 17.3 Å². The highest BCUT2D eigenvalue weighted by atomic mass is 32.2. The Morgan fingerprint density at radius 1 is 1.09 bits per heavy atom. The van der Waals surface area contributed by atoms with Gasteiger partial charge in [-0.25, -0.2) is 0 Å². The minimum atomic E-state index is -0.0562. The fraction of sp³-hybridized carbons (Fsp3) is 0.385. The molecular formula is C26H31N5OS. The molecule has 0 unspecified atom stereocenters. The summed E-state index contributed by atoms with van der Waals surface area (Å²) in [4.78, 5) is 14.8. The summed E-state index contributed by atoms with van der Waals surface area (Å²) in [5.41, 5.74) is 5.34. The molecule has 0 atom stereocenters. The SMILES string of the molecule is Cc1cc(C)cc(N(CCC#N)C(=O)CSc2nnc(-c3ccc(C(C)(C)C)cc3)n2C)c1. The lowest BCUT2D eigenvalue weighted by atomic mass is 9.87. The monoisotopic (exact) mass is 461 g/mol. The molecule has 3 rings (SSSR count). The fourth-order valence-electron chi connectivity index (χ4n) is 3.68. The molecule has 3 aromatic rings. The van der Waals surface area contributed by atoms with Gasteiger partial charge in [-0.2, -0.15) is 5.26 Å². The molecule has 0 saturated carbocycles. The van der Waals surface area contributed by atoms with Crippen LogP contribution >= 0.6 is 11.8 Å². The van der Waals surface area contributed by atoms with E-state index in [1.807, 2.05) is 37.6 Å². The zero-order valence-electron chi connectivity index (χ0n) is 20.2. The van der Waals surface area contributed by atoms with Gasteiger partial charge in [0.25, 0.3) is 0 Å². The number of nitrogens with zero attached hydrogens (tertiary/aromatic N) is 5. The van der Waals surface area contributed by atoms with E-state index in [1.54, 1.807) is 4.90 Å². The normalized spacial score (nSPS) is 11.3. The molecule has 0 aliphatic rings. The number of thioether (sulfide) groups is 1. The average Bonchev–Trinajstić information content (AvgIpc) is 3.11. The standard InChI is InChI=1S/C26H31N5OS/c1-18-14-19(2)16-22(15-18)31(13-7-12-27)23(32)17-33-25-29-28-24(30(25)6)20-8-10-21(11-9-20)26(3,4)5/h8-11,14-16H,7,13,17H2,1-6H3. The second-order valence-electron chi connectivity index (χ2n) is 9.28. The Morgan fingerprint density at radius 2 is 1.73 bits per heavy atom. The van der Waals surface area contributed by atoms with Crippen molar-refractivity contribution in [3.05, 3.63) is 59.2 Å². The number of rotatable bonds is 7. The lowest BCUT2D eigenvalue weighted by Gasteiger charge is -2.22. The molecule has 0 radical (unpaired) electrons. The van der Waals surface area contributed by atoms with Crippen LogP contribution in [0.5, 0.6) is 0 Å². The summed E-state index contributed by atoms with van der Waals surface area (Å²) in [6.07, 6.45) is 0.280. The quantitative estimate of drug-likeness (QED) is 0.438. The number of aromatic nitrogens is 3. The minimum absolute atomic E-state index is 0.0562. The van der Waals surface area contributed by atoms with E-state index in [0.29, 0.717) is 11.7 Å². The first-order chi connectivity index (χ1) is 15.6. The largest absolute Gasteiger partial charge is 0.311 e. The summed E-state index contributed by atoms with van der Waals surface area (Å²) >= 11 is 1.36. The Morgan fingerprint density at radius 3 is 2.30 bits per heavy atom. The van der Waals surface area contributed by atoms with Crippen LogP contribution in [-0.4, -0.2) is 33.0 Å². The first kappa shape index (κ1) is 24.5. The third kappa shape index (κ3) is 6.02. The predicted octanol–water partition coefficient (Wildman–Crippen LogP) is 5.44. The smallest absolute Gasteiger partial charge is 0.237 e. The van der Waals surface area contributed by atoms with Crippen molar-refractivity contribution in [3.8, 4) is 17.5 Å². The van der Waals surface area contributed by atoms with Gasteiger partial charge in [-0.05, 0) is 48.1 Å². The number of hydrogen-bond acceptors (Lipinski definition) is 5. The molecule has 0 saturated heterocycles. The lowest BCUT2D eigenvalue weighted by Crippen LogP contribution is -2.33. The van der Waals surface area contributed by atoms with E-state index in [-0.39, 0.29) is 23.5 Å². The molecular weight excluding hydrogens is 430 g/mol. The maximum absolute atomic E-state index is 13.1. The second-order valence-corrected chi connectivity index (χ2v) is 10.2. The van der Waals surface area contributed by atoms with Crippen molar-refractivity contribution in [1.29, 1.82) is 5.26 Å². The number of carbonyl (C=O) groups excluding carboxylic acids is 1. The molecule has 0 spiro atoms. The predicted molar refractivity (Wildman–Crippen MR) is 134 cm³/mol. The molecule has 0 aliphatic carbocycles. The second kappa shape index (κ2) is 10.2. The van der Waals surface area contributed by atoms with E-state index in [1.165, 1.54) is 17.3 Å². The molecule has 1 aromatic heterocycles. The third-order valence-electron chi connectivity index (χ3n) is 5.44. The molecule has 33 heavy (non-hydrogen) atoms. The molecule has 0 bridgehead atoms.